The molecular weight excluding hydrogens is 261 g/mol. The van der Waals surface area contributed by atoms with Crippen molar-refractivity contribution < 1.29 is 18.7 Å². The molecule has 0 aliphatic carbocycles. The number of benzene rings is 2. The Labute approximate surface area is 115 Å². The van der Waals surface area contributed by atoms with Gasteiger partial charge in [0.25, 0.3) is 5.91 Å². The van der Waals surface area contributed by atoms with Gasteiger partial charge in [0.1, 0.15) is 12.4 Å². The summed E-state index contributed by atoms with van der Waals surface area (Å²) in [5.41, 5.74) is 0.125. The van der Waals surface area contributed by atoms with Crippen molar-refractivity contribution in [2.45, 2.75) is 6.10 Å². The monoisotopic (exact) mass is 273 g/mol. The highest BCUT2D eigenvalue weighted by atomic mass is 19.1. The highest BCUT2D eigenvalue weighted by molar-refractivity contribution is 5.94. The van der Waals surface area contributed by atoms with E-state index in [1.54, 1.807) is 30.3 Å². The molecule has 1 heterocycles. The SMILES string of the molecule is O=C(Nc1ccccc1F)[C@H]1COc2ccccc2O1. The van der Waals surface area contributed by atoms with Crippen LogP contribution in [0.2, 0.25) is 0 Å². The van der Waals surface area contributed by atoms with E-state index in [9.17, 15) is 9.18 Å². The lowest BCUT2D eigenvalue weighted by Crippen LogP contribution is -2.40. The first-order chi connectivity index (χ1) is 9.74. The number of fused-ring (bicyclic) bond motifs is 1. The molecule has 0 spiro atoms. The molecular formula is C15H12FNO3. The Kier molecular flexibility index (Phi) is 3.25. The van der Waals surface area contributed by atoms with Crippen LogP contribution in [0.5, 0.6) is 11.5 Å². The quantitative estimate of drug-likeness (QED) is 0.915. The maximum Gasteiger partial charge on any atom is 0.269 e. The zero-order valence-corrected chi connectivity index (χ0v) is 10.5. The third-order valence-corrected chi connectivity index (χ3v) is 2.93. The van der Waals surface area contributed by atoms with Gasteiger partial charge in [0, 0.05) is 0 Å². The van der Waals surface area contributed by atoms with Crippen molar-refractivity contribution in [2.24, 2.45) is 0 Å². The van der Waals surface area contributed by atoms with Crippen molar-refractivity contribution in [3.63, 3.8) is 0 Å². The molecule has 0 saturated carbocycles. The number of ether oxygens (including phenoxy) is 2. The maximum atomic E-state index is 13.5. The van der Waals surface area contributed by atoms with Crippen LogP contribution in [-0.2, 0) is 4.79 Å². The van der Waals surface area contributed by atoms with Gasteiger partial charge in [0.05, 0.1) is 5.69 Å². The largest absolute Gasteiger partial charge is 0.485 e. The smallest absolute Gasteiger partial charge is 0.269 e. The lowest BCUT2D eigenvalue weighted by Gasteiger charge is -2.25. The minimum atomic E-state index is -0.801. The fourth-order valence-electron chi connectivity index (χ4n) is 1.92. The fourth-order valence-corrected chi connectivity index (χ4v) is 1.92. The summed E-state index contributed by atoms with van der Waals surface area (Å²) >= 11 is 0. The lowest BCUT2D eigenvalue weighted by molar-refractivity contribution is -0.125. The van der Waals surface area contributed by atoms with Crippen LogP contribution in [0.15, 0.2) is 48.5 Å². The number of halogens is 1. The van der Waals surface area contributed by atoms with Gasteiger partial charge in [-0.25, -0.2) is 4.39 Å². The number of nitrogens with one attached hydrogen (secondary N) is 1. The van der Waals surface area contributed by atoms with Crippen LogP contribution in [-0.4, -0.2) is 18.6 Å². The molecule has 1 N–H and O–H groups in total. The van der Waals surface area contributed by atoms with E-state index >= 15 is 0 Å². The van der Waals surface area contributed by atoms with E-state index in [1.165, 1.54) is 12.1 Å². The Bertz CT molecular complexity index is 645. The maximum absolute atomic E-state index is 13.5. The first-order valence-corrected chi connectivity index (χ1v) is 6.18. The molecule has 1 aliphatic heterocycles. The minimum absolute atomic E-state index is 0.0945. The van der Waals surface area contributed by atoms with Crippen LogP contribution in [0.3, 0.4) is 0 Å². The molecule has 2 aromatic carbocycles. The first kappa shape index (κ1) is 12.5. The molecule has 1 aliphatic rings. The van der Waals surface area contributed by atoms with Gasteiger partial charge in [-0.15, -0.1) is 0 Å². The normalized spacial score (nSPS) is 16.6. The van der Waals surface area contributed by atoms with E-state index in [0.717, 1.165) is 0 Å². The van der Waals surface area contributed by atoms with Crippen molar-refractivity contribution >= 4 is 11.6 Å². The number of hydrogen-bond donors (Lipinski definition) is 1. The topological polar surface area (TPSA) is 47.6 Å². The molecule has 0 saturated heterocycles. The molecule has 5 heteroatoms. The molecule has 0 fully saturated rings. The number of anilines is 1. The number of carbonyl (C=O) groups is 1. The third-order valence-electron chi connectivity index (χ3n) is 2.93. The second kappa shape index (κ2) is 5.21. The summed E-state index contributed by atoms with van der Waals surface area (Å²) < 4.78 is 24.5. The molecule has 1 atom stereocenters. The van der Waals surface area contributed by atoms with Crippen LogP contribution in [0.1, 0.15) is 0 Å². The Balaban J connectivity index is 1.72. The van der Waals surface area contributed by atoms with Crippen molar-refractivity contribution in [3.05, 3.63) is 54.3 Å². The van der Waals surface area contributed by atoms with Crippen molar-refractivity contribution in [1.82, 2.24) is 0 Å². The second-order valence-electron chi connectivity index (χ2n) is 4.33. The van der Waals surface area contributed by atoms with Crippen LogP contribution >= 0.6 is 0 Å². The highest BCUT2D eigenvalue weighted by Crippen LogP contribution is 2.31. The van der Waals surface area contributed by atoms with E-state index < -0.39 is 17.8 Å². The predicted octanol–water partition coefficient (Wildman–Crippen LogP) is 2.60. The first-order valence-electron chi connectivity index (χ1n) is 6.18. The summed E-state index contributed by atoms with van der Waals surface area (Å²) in [7, 11) is 0. The summed E-state index contributed by atoms with van der Waals surface area (Å²) in [6.07, 6.45) is -0.801. The molecule has 0 unspecified atom stereocenters. The number of para-hydroxylation sites is 3. The van der Waals surface area contributed by atoms with Gasteiger partial charge >= 0.3 is 0 Å². The summed E-state index contributed by atoms with van der Waals surface area (Å²) in [5.74, 6) is 0.178. The number of rotatable bonds is 2. The van der Waals surface area contributed by atoms with Gasteiger partial charge in [-0.1, -0.05) is 24.3 Å². The third kappa shape index (κ3) is 2.42. The van der Waals surface area contributed by atoms with Crippen LogP contribution < -0.4 is 14.8 Å². The summed E-state index contributed by atoms with van der Waals surface area (Å²) in [5, 5.41) is 2.49. The highest BCUT2D eigenvalue weighted by Gasteiger charge is 2.27. The molecule has 3 rings (SSSR count). The van der Waals surface area contributed by atoms with Crippen LogP contribution in [0, 0.1) is 5.82 Å². The second-order valence-corrected chi connectivity index (χ2v) is 4.33. The summed E-state index contributed by atoms with van der Waals surface area (Å²) in [6, 6.07) is 13.1. The van der Waals surface area contributed by atoms with E-state index in [2.05, 4.69) is 5.32 Å². The van der Waals surface area contributed by atoms with Gasteiger partial charge < -0.3 is 14.8 Å². The molecule has 1 amide bonds. The van der Waals surface area contributed by atoms with Gasteiger partial charge in [-0.05, 0) is 24.3 Å². The Morgan fingerprint density at radius 3 is 2.60 bits per heavy atom. The average molecular weight is 273 g/mol. The average Bonchev–Trinajstić information content (AvgIpc) is 2.49. The molecule has 0 bridgehead atoms. The van der Waals surface area contributed by atoms with Gasteiger partial charge in [-0.3, -0.25) is 4.79 Å². The van der Waals surface area contributed by atoms with E-state index in [-0.39, 0.29) is 12.3 Å². The number of hydrogen-bond acceptors (Lipinski definition) is 3. The molecule has 20 heavy (non-hydrogen) atoms. The van der Waals surface area contributed by atoms with Gasteiger partial charge in [0.2, 0.25) is 6.10 Å². The van der Waals surface area contributed by atoms with E-state index in [1.807, 2.05) is 6.07 Å². The summed E-state index contributed by atoms with van der Waals surface area (Å²) in [6.45, 7) is 0.0945. The van der Waals surface area contributed by atoms with Gasteiger partial charge in [0.15, 0.2) is 11.5 Å². The lowest BCUT2D eigenvalue weighted by atomic mass is 10.2. The number of amides is 1. The molecule has 0 radical (unpaired) electrons. The van der Waals surface area contributed by atoms with E-state index in [0.29, 0.717) is 11.5 Å². The zero-order chi connectivity index (χ0) is 13.9. The zero-order valence-electron chi connectivity index (χ0n) is 10.5. The minimum Gasteiger partial charge on any atom is -0.485 e. The molecule has 102 valence electrons. The van der Waals surface area contributed by atoms with Crippen molar-refractivity contribution in [1.29, 1.82) is 0 Å². The Morgan fingerprint density at radius 1 is 1.10 bits per heavy atom. The van der Waals surface area contributed by atoms with E-state index in [4.69, 9.17) is 9.47 Å². The number of carbonyl (C=O) groups excluding carboxylic acids is 1. The Morgan fingerprint density at radius 2 is 1.80 bits per heavy atom. The Hall–Kier alpha value is -2.56. The molecule has 0 aromatic heterocycles. The van der Waals surface area contributed by atoms with Crippen LogP contribution in [0.4, 0.5) is 10.1 Å². The fraction of sp³-hybridized carbons (Fsp3) is 0.133. The molecule has 2 aromatic rings. The summed E-state index contributed by atoms with van der Waals surface area (Å²) in [4.78, 5) is 12.0. The van der Waals surface area contributed by atoms with Crippen molar-refractivity contribution in [3.8, 4) is 11.5 Å². The molecule has 4 nitrogen and oxygen atoms in total. The van der Waals surface area contributed by atoms with Crippen LogP contribution in [0.25, 0.3) is 0 Å². The standard InChI is InChI=1S/C15H12FNO3/c16-10-5-1-2-6-11(10)17-15(18)14-9-19-12-7-3-4-8-13(12)20-14/h1-8,14H,9H2,(H,17,18)/t14-/m1/s1. The van der Waals surface area contributed by atoms with Gasteiger partial charge in [-0.2, -0.15) is 0 Å². The predicted molar refractivity (Wildman–Crippen MR) is 71.4 cm³/mol. The van der Waals surface area contributed by atoms with Crippen molar-refractivity contribution in [2.75, 3.05) is 11.9 Å².